The van der Waals surface area contributed by atoms with Gasteiger partial charge in [0.2, 0.25) is 0 Å². The van der Waals surface area contributed by atoms with Crippen LogP contribution in [0.3, 0.4) is 0 Å². The first kappa shape index (κ1) is 15.3. The van der Waals surface area contributed by atoms with E-state index in [1.54, 1.807) is 0 Å². The molecule has 0 radical (unpaired) electrons. The fourth-order valence-corrected chi connectivity index (χ4v) is 4.09. The molecular formula is C17H34N2. The third-order valence-electron chi connectivity index (χ3n) is 6.00. The van der Waals surface area contributed by atoms with Crippen molar-refractivity contribution in [2.75, 3.05) is 26.2 Å². The van der Waals surface area contributed by atoms with Crippen molar-refractivity contribution >= 4 is 0 Å². The normalized spacial score (nSPS) is 26.7. The van der Waals surface area contributed by atoms with E-state index in [1.165, 1.54) is 71.1 Å². The lowest BCUT2D eigenvalue weighted by Gasteiger charge is -2.36. The van der Waals surface area contributed by atoms with Gasteiger partial charge in [-0.2, -0.15) is 0 Å². The number of nitrogens with one attached hydrogen (secondary N) is 1. The molecule has 1 aliphatic heterocycles. The molecule has 1 unspecified atom stereocenters. The lowest BCUT2D eigenvalue weighted by molar-refractivity contribution is 0.158. The predicted octanol–water partition coefficient (Wildman–Crippen LogP) is 3.67. The number of nitrogens with zero attached hydrogens (tertiary/aromatic N) is 1. The van der Waals surface area contributed by atoms with Gasteiger partial charge < -0.3 is 10.2 Å². The summed E-state index contributed by atoms with van der Waals surface area (Å²) in [6, 6.07) is 0.711. The zero-order valence-corrected chi connectivity index (χ0v) is 13.4. The second-order valence-corrected chi connectivity index (χ2v) is 7.00. The van der Waals surface area contributed by atoms with Gasteiger partial charge in [-0.25, -0.2) is 0 Å². The Morgan fingerprint density at radius 2 is 1.79 bits per heavy atom. The summed E-state index contributed by atoms with van der Waals surface area (Å²) in [7, 11) is 0. The van der Waals surface area contributed by atoms with Crippen LogP contribution in [0.25, 0.3) is 0 Å². The highest BCUT2D eigenvalue weighted by molar-refractivity contribution is 4.88. The largest absolute Gasteiger partial charge is 0.313 e. The molecule has 2 fully saturated rings. The van der Waals surface area contributed by atoms with Crippen molar-refractivity contribution in [1.29, 1.82) is 0 Å². The molecule has 1 saturated carbocycles. The number of piperidine rings is 1. The van der Waals surface area contributed by atoms with Gasteiger partial charge in [-0.15, -0.1) is 0 Å². The first-order valence-electron chi connectivity index (χ1n) is 8.65. The quantitative estimate of drug-likeness (QED) is 0.789. The number of likely N-dealkylation sites (tertiary alicyclic amines) is 1. The molecule has 19 heavy (non-hydrogen) atoms. The van der Waals surface area contributed by atoms with Crippen LogP contribution in [0.1, 0.15) is 65.7 Å². The average Bonchev–Trinajstić information content (AvgIpc) is 2.94. The Labute approximate surface area is 120 Å². The summed E-state index contributed by atoms with van der Waals surface area (Å²) < 4.78 is 0. The molecule has 1 atom stereocenters. The predicted molar refractivity (Wildman–Crippen MR) is 83.5 cm³/mol. The van der Waals surface area contributed by atoms with Gasteiger partial charge in [0.25, 0.3) is 0 Å². The van der Waals surface area contributed by atoms with E-state index < -0.39 is 0 Å². The van der Waals surface area contributed by atoms with Gasteiger partial charge in [-0.3, -0.25) is 0 Å². The molecule has 2 aliphatic rings. The SMILES string of the molecule is CCN1CCC(C(C)NCC2(CC)CCCC2)CC1. The second kappa shape index (κ2) is 7.08. The molecule has 0 amide bonds. The zero-order valence-electron chi connectivity index (χ0n) is 13.4. The summed E-state index contributed by atoms with van der Waals surface area (Å²) in [4.78, 5) is 2.59. The number of rotatable bonds is 6. The molecule has 112 valence electrons. The van der Waals surface area contributed by atoms with Crippen molar-refractivity contribution in [3.05, 3.63) is 0 Å². The summed E-state index contributed by atoms with van der Waals surface area (Å²) in [6.45, 7) is 12.2. The third-order valence-corrected chi connectivity index (χ3v) is 6.00. The minimum Gasteiger partial charge on any atom is -0.313 e. The first-order valence-corrected chi connectivity index (χ1v) is 8.65. The molecule has 0 aromatic carbocycles. The standard InChI is InChI=1S/C17H34N2/c1-4-17(10-6-7-11-17)14-18-15(3)16-8-12-19(5-2)13-9-16/h15-16,18H,4-14H2,1-3H3. The van der Waals surface area contributed by atoms with Crippen LogP contribution in [0.4, 0.5) is 0 Å². The van der Waals surface area contributed by atoms with Crippen molar-refractivity contribution in [3.63, 3.8) is 0 Å². The smallest absolute Gasteiger partial charge is 0.00681 e. The maximum absolute atomic E-state index is 3.90. The van der Waals surface area contributed by atoms with Crippen molar-refractivity contribution in [2.24, 2.45) is 11.3 Å². The second-order valence-electron chi connectivity index (χ2n) is 7.00. The van der Waals surface area contributed by atoms with Gasteiger partial charge in [0.1, 0.15) is 0 Å². The summed E-state index contributed by atoms with van der Waals surface area (Å²) >= 11 is 0. The van der Waals surface area contributed by atoms with Gasteiger partial charge in [0.05, 0.1) is 0 Å². The molecule has 1 N–H and O–H groups in total. The van der Waals surface area contributed by atoms with Crippen LogP contribution < -0.4 is 5.32 Å². The third kappa shape index (κ3) is 3.95. The van der Waals surface area contributed by atoms with E-state index in [0.717, 1.165) is 5.92 Å². The van der Waals surface area contributed by atoms with Crippen LogP contribution >= 0.6 is 0 Å². The van der Waals surface area contributed by atoms with E-state index in [2.05, 4.69) is 31.0 Å². The van der Waals surface area contributed by atoms with Crippen molar-refractivity contribution in [1.82, 2.24) is 10.2 Å². The highest BCUT2D eigenvalue weighted by atomic mass is 15.1. The molecule has 1 saturated heterocycles. The molecule has 2 heteroatoms. The van der Waals surface area contributed by atoms with Crippen LogP contribution in [0.5, 0.6) is 0 Å². The average molecular weight is 266 g/mol. The summed E-state index contributed by atoms with van der Waals surface area (Å²) in [5.41, 5.74) is 0.637. The highest BCUT2D eigenvalue weighted by Crippen LogP contribution is 2.40. The Hall–Kier alpha value is -0.0800. The first-order chi connectivity index (χ1) is 9.19. The van der Waals surface area contributed by atoms with Gasteiger partial charge in [-0.1, -0.05) is 26.7 Å². The van der Waals surface area contributed by atoms with Gasteiger partial charge in [0.15, 0.2) is 0 Å². The Kier molecular flexibility index (Phi) is 5.70. The molecule has 0 spiro atoms. The molecular weight excluding hydrogens is 232 g/mol. The minimum absolute atomic E-state index is 0.637. The summed E-state index contributed by atoms with van der Waals surface area (Å²) in [5.74, 6) is 0.901. The van der Waals surface area contributed by atoms with Crippen molar-refractivity contribution in [2.45, 2.75) is 71.8 Å². The Morgan fingerprint density at radius 1 is 1.16 bits per heavy atom. The zero-order chi connectivity index (χ0) is 13.7. The number of hydrogen-bond acceptors (Lipinski definition) is 2. The van der Waals surface area contributed by atoms with E-state index in [0.29, 0.717) is 11.5 Å². The molecule has 0 aromatic heterocycles. The molecule has 0 aromatic rings. The van der Waals surface area contributed by atoms with E-state index in [4.69, 9.17) is 0 Å². The molecule has 0 bridgehead atoms. The van der Waals surface area contributed by atoms with E-state index in [1.807, 2.05) is 0 Å². The fourth-order valence-electron chi connectivity index (χ4n) is 4.09. The maximum Gasteiger partial charge on any atom is 0.00681 e. The summed E-state index contributed by atoms with van der Waals surface area (Å²) in [5, 5.41) is 3.90. The highest BCUT2D eigenvalue weighted by Gasteiger charge is 2.33. The molecule has 2 nitrogen and oxygen atoms in total. The Morgan fingerprint density at radius 3 is 2.32 bits per heavy atom. The van der Waals surface area contributed by atoms with Crippen molar-refractivity contribution < 1.29 is 0 Å². The Bertz CT molecular complexity index is 250. The van der Waals surface area contributed by atoms with Gasteiger partial charge >= 0.3 is 0 Å². The van der Waals surface area contributed by atoms with E-state index in [-0.39, 0.29) is 0 Å². The molecule has 2 rings (SSSR count). The molecule has 1 aliphatic carbocycles. The number of hydrogen-bond donors (Lipinski definition) is 1. The maximum atomic E-state index is 3.90. The Balaban J connectivity index is 1.73. The monoisotopic (exact) mass is 266 g/mol. The van der Waals surface area contributed by atoms with Gasteiger partial charge in [-0.05, 0) is 70.0 Å². The summed E-state index contributed by atoms with van der Waals surface area (Å²) in [6.07, 6.45) is 9.97. The fraction of sp³-hybridized carbons (Fsp3) is 1.00. The van der Waals surface area contributed by atoms with E-state index in [9.17, 15) is 0 Å². The van der Waals surface area contributed by atoms with Crippen LogP contribution in [-0.4, -0.2) is 37.1 Å². The van der Waals surface area contributed by atoms with E-state index >= 15 is 0 Å². The lowest BCUT2D eigenvalue weighted by atomic mass is 9.82. The van der Waals surface area contributed by atoms with Crippen LogP contribution in [-0.2, 0) is 0 Å². The minimum atomic E-state index is 0.637. The lowest BCUT2D eigenvalue weighted by Crippen LogP contribution is -2.44. The van der Waals surface area contributed by atoms with Crippen LogP contribution in [0, 0.1) is 11.3 Å². The van der Waals surface area contributed by atoms with Crippen molar-refractivity contribution in [3.8, 4) is 0 Å². The topological polar surface area (TPSA) is 15.3 Å². The molecule has 1 heterocycles. The van der Waals surface area contributed by atoms with Gasteiger partial charge in [0, 0.05) is 12.6 Å². The van der Waals surface area contributed by atoms with Crippen LogP contribution in [0.15, 0.2) is 0 Å². The van der Waals surface area contributed by atoms with Crippen LogP contribution in [0.2, 0.25) is 0 Å².